The van der Waals surface area contributed by atoms with E-state index in [4.69, 9.17) is 0 Å². The first-order valence-electron chi connectivity index (χ1n) is 19.5. The highest BCUT2D eigenvalue weighted by Crippen LogP contribution is 2.55. The van der Waals surface area contributed by atoms with Crippen LogP contribution in [0.1, 0.15) is 25.0 Å². The normalized spacial score (nSPS) is 12.6. The number of para-hydroxylation sites is 1. The Kier molecular flexibility index (Phi) is 8.23. The smallest absolute Gasteiger partial charge is 0.0543 e. The summed E-state index contributed by atoms with van der Waals surface area (Å²) in [5.74, 6) is 0. The lowest BCUT2D eigenvalue weighted by Gasteiger charge is -2.30. The van der Waals surface area contributed by atoms with Crippen LogP contribution in [-0.4, -0.2) is 0 Å². The van der Waals surface area contributed by atoms with Gasteiger partial charge in [0, 0.05) is 22.2 Å². The molecule has 0 N–H and O–H groups in total. The Morgan fingerprint density at radius 1 is 0.339 bits per heavy atom. The van der Waals surface area contributed by atoms with E-state index in [2.05, 4.69) is 231 Å². The van der Waals surface area contributed by atoms with Crippen LogP contribution in [0.25, 0.3) is 66.4 Å². The lowest BCUT2D eigenvalue weighted by molar-refractivity contribution is 0.660. The molecule has 0 spiro atoms. The van der Waals surface area contributed by atoms with Crippen molar-refractivity contribution in [1.82, 2.24) is 0 Å². The molecule has 0 aliphatic heterocycles. The van der Waals surface area contributed by atoms with Gasteiger partial charge in [-0.1, -0.05) is 196 Å². The predicted octanol–water partition coefficient (Wildman–Crippen LogP) is 15.3. The number of anilines is 3. The Hall–Kier alpha value is -6.96. The van der Waals surface area contributed by atoms with Crippen LogP contribution in [0.5, 0.6) is 0 Å². The van der Waals surface area contributed by atoms with Gasteiger partial charge in [0.2, 0.25) is 0 Å². The minimum atomic E-state index is -0.112. The minimum absolute atomic E-state index is 0.112. The molecule has 0 bridgehead atoms. The number of hydrogen-bond donors (Lipinski definition) is 0. The number of benzene rings is 9. The number of hydrogen-bond acceptors (Lipinski definition) is 1. The van der Waals surface area contributed by atoms with E-state index < -0.39 is 0 Å². The van der Waals surface area contributed by atoms with Crippen molar-refractivity contribution in [3.05, 3.63) is 223 Å². The van der Waals surface area contributed by atoms with Crippen LogP contribution in [0.4, 0.5) is 17.1 Å². The monoisotopic (exact) mass is 715 g/mol. The maximum atomic E-state index is 2.48. The molecule has 0 atom stereocenters. The second kappa shape index (κ2) is 13.7. The fraction of sp³-hybridized carbons (Fsp3) is 0.0545. The molecule has 10 rings (SSSR count). The summed E-state index contributed by atoms with van der Waals surface area (Å²) in [6, 6.07) is 77.6. The Balaban J connectivity index is 1.10. The van der Waals surface area contributed by atoms with E-state index in [-0.39, 0.29) is 5.41 Å². The summed E-state index contributed by atoms with van der Waals surface area (Å²) >= 11 is 0. The fourth-order valence-corrected chi connectivity index (χ4v) is 8.86. The van der Waals surface area contributed by atoms with Gasteiger partial charge in [0.15, 0.2) is 0 Å². The Morgan fingerprint density at radius 3 is 1.68 bits per heavy atom. The third-order valence-corrected chi connectivity index (χ3v) is 11.7. The molecule has 0 fully saturated rings. The lowest BCUT2D eigenvalue weighted by Crippen LogP contribution is -2.16. The second-order valence-corrected chi connectivity index (χ2v) is 15.3. The Labute approximate surface area is 329 Å². The Morgan fingerprint density at radius 2 is 0.857 bits per heavy atom. The molecule has 0 saturated carbocycles. The maximum absolute atomic E-state index is 2.48. The molecule has 1 aliphatic rings. The van der Waals surface area contributed by atoms with E-state index in [0.29, 0.717) is 0 Å². The van der Waals surface area contributed by atoms with E-state index in [1.165, 1.54) is 83.2 Å². The van der Waals surface area contributed by atoms with Gasteiger partial charge in [0.1, 0.15) is 0 Å². The SMILES string of the molecule is CC1(C)c2ccccc2-c2c(N(c3ccc(-c4ccc(-c5cccc6ccccc56)cc4)cc3)c3ccccc3-c3cccc(-c4ccccc4)c3)cccc21. The van der Waals surface area contributed by atoms with Crippen LogP contribution in [0.2, 0.25) is 0 Å². The van der Waals surface area contributed by atoms with Crippen LogP contribution in [0.15, 0.2) is 212 Å². The molecule has 266 valence electrons. The molecule has 0 heterocycles. The van der Waals surface area contributed by atoms with Crippen molar-refractivity contribution in [1.29, 1.82) is 0 Å². The number of rotatable bonds is 7. The third-order valence-electron chi connectivity index (χ3n) is 11.7. The van der Waals surface area contributed by atoms with E-state index in [1.54, 1.807) is 0 Å². The minimum Gasteiger partial charge on any atom is -0.309 e. The van der Waals surface area contributed by atoms with Gasteiger partial charge >= 0.3 is 0 Å². The number of fused-ring (bicyclic) bond motifs is 4. The van der Waals surface area contributed by atoms with Gasteiger partial charge in [-0.3, -0.25) is 0 Å². The van der Waals surface area contributed by atoms with E-state index in [1.807, 2.05) is 0 Å². The first-order valence-corrected chi connectivity index (χ1v) is 19.5. The molecule has 9 aromatic carbocycles. The van der Waals surface area contributed by atoms with Gasteiger partial charge in [0.25, 0.3) is 0 Å². The summed E-state index contributed by atoms with van der Waals surface area (Å²) in [6.07, 6.45) is 0. The van der Waals surface area contributed by atoms with Crippen LogP contribution in [0.3, 0.4) is 0 Å². The highest BCUT2D eigenvalue weighted by atomic mass is 15.1. The van der Waals surface area contributed by atoms with Crippen molar-refractivity contribution in [2.24, 2.45) is 0 Å². The van der Waals surface area contributed by atoms with Crippen LogP contribution < -0.4 is 4.90 Å². The van der Waals surface area contributed by atoms with Crippen molar-refractivity contribution >= 4 is 27.8 Å². The van der Waals surface area contributed by atoms with Gasteiger partial charge in [-0.15, -0.1) is 0 Å². The van der Waals surface area contributed by atoms with Gasteiger partial charge < -0.3 is 4.90 Å². The first kappa shape index (κ1) is 33.6. The molecule has 0 radical (unpaired) electrons. The van der Waals surface area contributed by atoms with Gasteiger partial charge in [-0.2, -0.15) is 0 Å². The van der Waals surface area contributed by atoms with E-state index in [0.717, 1.165) is 11.4 Å². The molecule has 0 unspecified atom stereocenters. The highest BCUT2D eigenvalue weighted by molar-refractivity contribution is 5.99. The molecule has 56 heavy (non-hydrogen) atoms. The van der Waals surface area contributed by atoms with Crippen molar-refractivity contribution in [3.8, 4) is 55.6 Å². The topological polar surface area (TPSA) is 3.24 Å². The largest absolute Gasteiger partial charge is 0.309 e. The van der Waals surface area contributed by atoms with Gasteiger partial charge in [-0.25, -0.2) is 0 Å². The lowest BCUT2D eigenvalue weighted by atomic mass is 9.82. The summed E-state index contributed by atoms with van der Waals surface area (Å²) in [5, 5.41) is 2.54. The average molecular weight is 716 g/mol. The molecule has 1 aliphatic carbocycles. The van der Waals surface area contributed by atoms with Gasteiger partial charge in [0.05, 0.1) is 11.4 Å². The summed E-state index contributed by atoms with van der Waals surface area (Å²) < 4.78 is 0. The van der Waals surface area contributed by atoms with Crippen molar-refractivity contribution in [2.75, 3.05) is 4.90 Å². The molecule has 0 amide bonds. The standard InChI is InChI=1S/C55H41N/c1-55(2)50-25-10-8-23-49(50)54-51(55)26-14-28-53(54)56(52-27-11-9-22-48(52)44-20-12-19-43(37-44)38-15-4-3-5-16-38)45-35-33-40(34-36-45)39-29-31-42(32-30-39)47-24-13-18-41-17-6-7-21-46(41)47/h3-37H,1-2H3. The summed E-state index contributed by atoms with van der Waals surface area (Å²) in [7, 11) is 0. The molecule has 1 nitrogen and oxygen atoms in total. The average Bonchev–Trinajstić information content (AvgIpc) is 3.51. The van der Waals surface area contributed by atoms with Gasteiger partial charge in [-0.05, 0) is 96.7 Å². The summed E-state index contributed by atoms with van der Waals surface area (Å²) in [6.45, 7) is 4.71. The Bertz CT molecular complexity index is 2860. The molecular formula is C55H41N. The molecular weight excluding hydrogens is 675 g/mol. The van der Waals surface area contributed by atoms with Crippen molar-refractivity contribution in [3.63, 3.8) is 0 Å². The number of nitrogens with zero attached hydrogens (tertiary/aromatic N) is 1. The zero-order valence-electron chi connectivity index (χ0n) is 31.7. The van der Waals surface area contributed by atoms with Crippen molar-refractivity contribution in [2.45, 2.75) is 19.3 Å². The molecule has 0 saturated heterocycles. The fourth-order valence-electron chi connectivity index (χ4n) is 8.86. The highest BCUT2D eigenvalue weighted by Gasteiger charge is 2.37. The van der Waals surface area contributed by atoms with Crippen LogP contribution >= 0.6 is 0 Å². The van der Waals surface area contributed by atoms with Crippen LogP contribution in [-0.2, 0) is 5.41 Å². The summed E-state index contributed by atoms with van der Waals surface area (Å²) in [5.41, 5.74) is 18.3. The van der Waals surface area contributed by atoms with E-state index in [9.17, 15) is 0 Å². The third kappa shape index (κ3) is 5.72. The van der Waals surface area contributed by atoms with Crippen LogP contribution in [0, 0.1) is 0 Å². The zero-order chi connectivity index (χ0) is 37.6. The zero-order valence-corrected chi connectivity index (χ0v) is 31.7. The maximum Gasteiger partial charge on any atom is 0.0543 e. The van der Waals surface area contributed by atoms with Crippen molar-refractivity contribution < 1.29 is 0 Å². The predicted molar refractivity (Wildman–Crippen MR) is 238 cm³/mol. The summed E-state index contributed by atoms with van der Waals surface area (Å²) in [4.78, 5) is 2.48. The molecule has 0 aromatic heterocycles. The van der Waals surface area contributed by atoms with E-state index >= 15 is 0 Å². The first-order chi connectivity index (χ1) is 27.5. The molecule has 1 heteroatoms. The second-order valence-electron chi connectivity index (χ2n) is 15.3. The quantitative estimate of drug-likeness (QED) is 0.159. The molecule has 9 aromatic rings.